The molecule has 0 atom stereocenters. The van der Waals surface area contributed by atoms with Gasteiger partial charge in [-0.05, 0) is 18.4 Å². The Labute approximate surface area is 94.0 Å². The number of benzene rings is 2. The lowest BCUT2D eigenvalue weighted by Gasteiger charge is -2.08. The van der Waals surface area contributed by atoms with Gasteiger partial charge in [0.15, 0.2) is 0 Å². The largest absolute Gasteiger partial charge is 0.487 e. The van der Waals surface area contributed by atoms with Crippen LogP contribution in [-0.4, -0.2) is 17.5 Å². The number of rotatable bonds is 3. The zero-order valence-corrected chi connectivity index (χ0v) is 9.05. The number of fused-ring (bicyclic) bond motifs is 1. The van der Waals surface area contributed by atoms with Gasteiger partial charge in [0.25, 0.3) is 0 Å². The summed E-state index contributed by atoms with van der Waals surface area (Å²) in [6.07, 6.45) is 0. The molecule has 0 fully saturated rings. The fraction of sp³-hybridized carbons (Fsp3) is 0.154. The molecule has 16 heavy (non-hydrogen) atoms. The maximum atomic E-state index is 8.53. The van der Waals surface area contributed by atoms with E-state index in [0.717, 1.165) is 16.5 Å². The number of ether oxygens (including phenoxy) is 1. The molecule has 0 unspecified atom stereocenters. The third-order valence-corrected chi connectivity index (χ3v) is 2.36. The van der Waals surface area contributed by atoms with Crippen molar-refractivity contribution in [2.24, 2.45) is 5.16 Å². The highest BCUT2D eigenvalue weighted by Gasteiger charge is 2.01. The smallest absolute Gasteiger partial charge is 0.129 e. The van der Waals surface area contributed by atoms with Gasteiger partial charge < -0.3 is 9.94 Å². The third kappa shape index (κ3) is 2.14. The van der Waals surface area contributed by atoms with E-state index >= 15 is 0 Å². The molecule has 82 valence electrons. The zero-order valence-electron chi connectivity index (χ0n) is 9.05. The highest BCUT2D eigenvalue weighted by atomic mass is 16.5. The van der Waals surface area contributed by atoms with E-state index in [1.165, 1.54) is 0 Å². The Morgan fingerprint density at radius 3 is 2.75 bits per heavy atom. The van der Waals surface area contributed by atoms with Gasteiger partial charge in [-0.1, -0.05) is 41.6 Å². The van der Waals surface area contributed by atoms with Crippen LogP contribution in [0.1, 0.15) is 6.92 Å². The molecule has 2 rings (SSSR count). The molecule has 3 heteroatoms. The summed E-state index contributed by atoms with van der Waals surface area (Å²) in [6.45, 7) is 2.01. The van der Waals surface area contributed by atoms with E-state index in [2.05, 4.69) is 5.16 Å². The standard InChI is InChI=1S/C13H13NO2/c1-10(14-15)9-16-13-8-4-6-11-5-2-3-7-12(11)13/h2-8,15H,9H2,1H3/b14-10+. The third-order valence-electron chi connectivity index (χ3n) is 2.36. The van der Waals surface area contributed by atoms with Gasteiger partial charge in [0, 0.05) is 5.39 Å². The summed E-state index contributed by atoms with van der Waals surface area (Å²) in [7, 11) is 0. The van der Waals surface area contributed by atoms with E-state index in [0.29, 0.717) is 12.3 Å². The molecule has 3 nitrogen and oxygen atoms in total. The molecule has 0 aliphatic carbocycles. The molecule has 0 spiro atoms. The Morgan fingerprint density at radius 2 is 1.94 bits per heavy atom. The average molecular weight is 215 g/mol. The van der Waals surface area contributed by atoms with E-state index in [1.807, 2.05) is 42.5 Å². The normalized spacial score (nSPS) is 11.7. The second-order valence-electron chi connectivity index (χ2n) is 3.60. The summed E-state index contributed by atoms with van der Waals surface area (Å²) in [6, 6.07) is 13.9. The highest BCUT2D eigenvalue weighted by molar-refractivity contribution is 5.89. The number of hydrogen-bond donors (Lipinski definition) is 1. The first-order valence-corrected chi connectivity index (χ1v) is 5.09. The quantitative estimate of drug-likeness (QED) is 0.485. The maximum Gasteiger partial charge on any atom is 0.129 e. The van der Waals surface area contributed by atoms with Crippen molar-refractivity contribution in [3.05, 3.63) is 42.5 Å². The van der Waals surface area contributed by atoms with Crippen LogP contribution in [0.5, 0.6) is 5.75 Å². The average Bonchev–Trinajstić information content (AvgIpc) is 2.35. The van der Waals surface area contributed by atoms with Crippen molar-refractivity contribution in [3.8, 4) is 5.75 Å². The van der Waals surface area contributed by atoms with Gasteiger partial charge in [-0.3, -0.25) is 0 Å². The number of nitrogens with zero attached hydrogens (tertiary/aromatic N) is 1. The van der Waals surface area contributed by atoms with Crippen molar-refractivity contribution < 1.29 is 9.94 Å². The molecular formula is C13H13NO2. The lowest BCUT2D eigenvalue weighted by atomic mass is 10.1. The Hall–Kier alpha value is -2.03. The van der Waals surface area contributed by atoms with Crippen LogP contribution in [0.4, 0.5) is 0 Å². The Kier molecular flexibility index (Phi) is 3.05. The summed E-state index contributed by atoms with van der Waals surface area (Å²) < 4.78 is 5.58. The van der Waals surface area contributed by atoms with Crippen LogP contribution in [0.3, 0.4) is 0 Å². The minimum atomic E-state index is 0.296. The lowest BCUT2D eigenvalue weighted by Crippen LogP contribution is -2.07. The summed E-state index contributed by atoms with van der Waals surface area (Å²) in [4.78, 5) is 0. The number of oxime groups is 1. The summed E-state index contributed by atoms with van der Waals surface area (Å²) in [5.41, 5.74) is 0.549. The summed E-state index contributed by atoms with van der Waals surface area (Å²) >= 11 is 0. The summed E-state index contributed by atoms with van der Waals surface area (Å²) in [5.74, 6) is 0.807. The van der Waals surface area contributed by atoms with Crippen LogP contribution in [0.15, 0.2) is 47.6 Å². The van der Waals surface area contributed by atoms with Crippen molar-refractivity contribution in [2.75, 3.05) is 6.61 Å². The van der Waals surface area contributed by atoms with E-state index in [1.54, 1.807) is 6.92 Å². The van der Waals surface area contributed by atoms with Crippen molar-refractivity contribution in [3.63, 3.8) is 0 Å². The molecule has 0 saturated heterocycles. The van der Waals surface area contributed by atoms with Crippen LogP contribution in [0, 0.1) is 0 Å². The van der Waals surface area contributed by atoms with Crippen LogP contribution < -0.4 is 4.74 Å². The van der Waals surface area contributed by atoms with Crippen LogP contribution in [-0.2, 0) is 0 Å². The molecule has 0 radical (unpaired) electrons. The van der Waals surface area contributed by atoms with Gasteiger partial charge in [0.2, 0.25) is 0 Å². The van der Waals surface area contributed by atoms with Gasteiger partial charge in [-0.25, -0.2) is 0 Å². The molecule has 0 heterocycles. The Bertz CT molecular complexity index is 515. The minimum Gasteiger partial charge on any atom is -0.487 e. The van der Waals surface area contributed by atoms with Crippen LogP contribution in [0.2, 0.25) is 0 Å². The van der Waals surface area contributed by atoms with Gasteiger partial charge in [-0.2, -0.15) is 0 Å². The summed E-state index contributed by atoms with van der Waals surface area (Å²) in [5, 5.41) is 13.8. The molecular weight excluding hydrogens is 202 g/mol. The van der Waals surface area contributed by atoms with Crippen molar-refractivity contribution in [2.45, 2.75) is 6.92 Å². The van der Waals surface area contributed by atoms with Crippen molar-refractivity contribution in [1.82, 2.24) is 0 Å². The first kappa shape index (κ1) is 10.5. The molecule has 2 aromatic rings. The maximum absolute atomic E-state index is 8.53. The monoisotopic (exact) mass is 215 g/mol. The van der Waals surface area contributed by atoms with Crippen LogP contribution >= 0.6 is 0 Å². The second kappa shape index (κ2) is 4.66. The lowest BCUT2D eigenvalue weighted by molar-refractivity contribution is 0.307. The predicted molar refractivity (Wildman–Crippen MR) is 64.3 cm³/mol. The van der Waals surface area contributed by atoms with Crippen LogP contribution in [0.25, 0.3) is 10.8 Å². The Morgan fingerprint density at radius 1 is 1.19 bits per heavy atom. The molecule has 0 aromatic heterocycles. The van der Waals surface area contributed by atoms with Gasteiger partial charge in [0.1, 0.15) is 12.4 Å². The highest BCUT2D eigenvalue weighted by Crippen LogP contribution is 2.24. The van der Waals surface area contributed by atoms with E-state index in [-0.39, 0.29) is 0 Å². The molecule has 0 aliphatic rings. The molecule has 0 saturated carbocycles. The fourth-order valence-corrected chi connectivity index (χ4v) is 1.53. The van der Waals surface area contributed by atoms with E-state index in [9.17, 15) is 0 Å². The van der Waals surface area contributed by atoms with E-state index < -0.39 is 0 Å². The topological polar surface area (TPSA) is 41.8 Å². The molecule has 0 amide bonds. The van der Waals surface area contributed by atoms with Gasteiger partial charge >= 0.3 is 0 Å². The van der Waals surface area contributed by atoms with E-state index in [4.69, 9.17) is 9.94 Å². The second-order valence-corrected chi connectivity index (χ2v) is 3.60. The molecule has 0 bridgehead atoms. The number of hydrogen-bond acceptors (Lipinski definition) is 3. The molecule has 1 N–H and O–H groups in total. The molecule has 0 aliphatic heterocycles. The van der Waals surface area contributed by atoms with Gasteiger partial charge in [-0.15, -0.1) is 0 Å². The Balaban J connectivity index is 2.30. The minimum absolute atomic E-state index is 0.296. The predicted octanol–water partition coefficient (Wildman–Crippen LogP) is 3.07. The molecule has 2 aromatic carbocycles. The van der Waals surface area contributed by atoms with Gasteiger partial charge in [0.05, 0.1) is 5.71 Å². The zero-order chi connectivity index (χ0) is 11.4. The SMILES string of the molecule is C/C(COc1cccc2ccccc12)=N\O. The van der Waals surface area contributed by atoms with Crippen molar-refractivity contribution >= 4 is 16.5 Å². The first-order chi connectivity index (χ1) is 7.81. The van der Waals surface area contributed by atoms with Crippen molar-refractivity contribution in [1.29, 1.82) is 0 Å². The first-order valence-electron chi connectivity index (χ1n) is 5.09. The fourth-order valence-electron chi connectivity index (χ4n) is 1.53.